The van der Waals surface area contributed by atoms with Gasteiger partial charge in [-0.3, -0.25) is 4.79 Å². The maximum Gasteiger partial charge on any atom is 0.250 e. The number of thiophene rings is 2. The molecular weight excluding hydrogens is 276 g/mol. The van der Waals surface area contributed by atoms with Crippen molar-refractivity contribution in [1.29, 1.82) is 5.41 Å². The molecule has 3 N–H and O–H groups in total. The van der Waals surface area contributed by atoms with Crippen molar-refractivity contribution >= 4 is 45.9 Å². The normalized spacial score (nSPS) is 10.9. The molecular formula is C14H14N2OS2. The molecule has 0 fully saturated rings. The van der Waals surface area contributed by atoms with Gasteiger partial charge in [-0.15, -0.1) is 13.2 Å². The molecule has 2 aromatic heterocycles. The Labute approximate surface area is 120 Å². The second kappa shape index (κ2) is 7.45. The Morgan fingerprint density at radius 3 is 2.05 bits per heavy atom. The largest absolute Gasteiger partial charge is 0.366 e. The van der Waals surface area contributed by atoms with Crippen LogP contribution < -0.4 is 5.73 Å². The quantitative estimate of drug-likeness (QED) is 0.503. The van der Waals surface area contributed by atoms with E-state index in [0.29, 0.717) is 11.1 Å². The molecule has 0 aliphatic rings. The van der Waals surface area contributed by atoms with Crippen LogP contribution in [0.2, 0.25) is 0 Å². The van der Waals surface area contributed by atoms with Crippen LogP contribution in [0.3, 0.4) is 0 Å². The summed E-state index contributed by atoms with van der Waals surface area (Å²) in [7, 11) is 0. The molecule has 0 aliphatic heterocycles. The summed E-state index contributed by atoms with van der Waals surface area (Å²) < 4.78 is 0. The van der Waals surface area contributed by atoms with E-state index in [-0.39, 0.29) is 0 Å². The van der Waals surface area contributed by atoms with E-state index in [9.17, 15) is 4.79 Å². The molecule has 0 bridgehead atoms. The van der Waals surface area contributed by atoms with Crippen LogP contribution >= 0.6 is 22.7 Å². The highest BCUT2D eigenvalue weighted by atomic mass is 32.1. The fourth-order valence-electron chi connectivity index (χ4n) is 1.55. The van der Waals surface area contributed by atoms with Crippen LogP contribution in [-0.2, 0) is 4.79 Å². The third kappa shape index (κ3) is 3.49. The standard InChI is InChI=1S/C12H10N2OS2.C2H4/c13-5-10(8-1-3-16-6-8)11(12(14)15)9-2-4-17-7-9;1-2/h1-7,13H,(H2,14,15);1-2H2/b11-10+,13-5?;. The lowest BCUT2D eigenvalue weighted by molar-refractivity contribution is -0.112. The van der Waals surface area contributed by atoms with E-state index in [4.69, 9.17) is 11.1 Å². The van der Waals surface area contributed by atoms with E-state index in [1.54, 1.807) is 0 Å². The minimum absolute atomic E-state index is 0.402. The molecule has 0 radical (unpaired) electrons. The SMILES string of the molecule is C=C.N=C/C(=C(\C(N)=O)c1ccsc1)c1ccsc1. The van der Waals surface area contributed by atoms with Crippen LogP contribution in [0.25, 0.3) is 11.1 Å². The Balaban J connectivity index is 0.000000861. The van der Waals surface area contributed by atoms with Crippen molar-refractivity contribution in [2.75, 3.05) is 0 Å². The van der Waals surface area contributed by atoms with Crippen molar-refractivity contribution in [2.24, 2.45) is 5.73 Å². The van der Waals surface area contributed by atoms with Gasteiger partial charge in [-0.2, -0.15) is 22.7 Å². The molecule has 98 valence electrons. The minimum Gasteiger partial charge on any atom is -0.366 e. The highest BCUT2D eigenvalue weighted by Crippen LogP contribution is 2.27. The molecule has 2 heterocycles. The van der Waals surface area contributed by atoms with E-state index in [1.807, 2.05) is 33.7 Å². The Bertz CT molecular complexity index is 569. The Hall–Kier alpha value is -1.98. The zero-order chi connectivity index (χ0) is 14.3. The van der Waals surface area contributed by atoms with Crippen LogP contribution in [0.4, 0.5) is 0 Å². The maximum absolute atomic E-state index is 11.6. The van der Waals surface area contributed by atoms with Crippen LogP contribution in [0, 0.1) is 5.41 Å². The first-order valence-electron chi connectivity index (χ1n) is 5.33. The third-order valence-corrected chi connectivity index (χ3v) is 3.67. The molecule has 0 unspecified atom stereocenters. The van der Waals surface area contributed by atoms with Gasteiger partial charge >= 0.3 is 0 Å². The van der Waals surface area contributed by atoms with E-state index in [0.717, 1.165) is 11.1 Å². The fraction of sp³-hybridized carbons (Fsp3) is 0. The molecule has 2 rings (SSSR count). The predicted molar refractivity (Wildman–Crippen MR) is 84.7 cm³/mol. The molecule has 0 saturated heterocycles. The smallest absolute Gasteiger partial charge is 0.250 e. The number of nitrogens with two attached hydrogens (primary N) is 1. The van der Waals surface area contributed by atoms with Gasteiger partial charge in [-0.25, -0.2) is 0 Å². The van der Waals surface area contributed by atoms with Crippen molar-refractivity contribution in [3.8, 4) is 0 Å². The number of primary amides is 1. The number of hydrogen-bond donors (Lipinski definition) is 2. The second-order valence-electron chi connectivity index (χ2n) is 3.32. The summed E-state index contributed by atoms with van der Waals surface area (Å²) in [5.74, 6) is -0.506. The van der Waals surface area contributed by atoms with Gasteiger partial charge in [0.2, 0.25) is 5.91 Å². The molecule has 2 aromatic rings. The minimum atomic E-state index is -0.506. The van der Waals surface area contributed by atoms with Gasteiger partial charge in [0, 0.05) is 11.8 Å². The summed E-state index contributed by atoms with van der Waals surface area (Å²) >= 11 is 3.02. The number of nitrogens with one attached hydrogen (secondary N) is 1. The van der Waals surface area contributed by atoms with E-state index in [2.05, 4.69) is 13.2 Å². The molecule has 0 aromatic carbocycles. The second-order valence-corrected chi connectivity index (χ2v) is 4.88. The maximum atomic E-state index is 11.6. The fourth-order valence-corrected chi connectivity index (χ4v) is 2.86. The Morgan fingerprint density at radius 2 is 1.68 bits per heavy atom. The lowest BCUT2D eigenvalue weighted by Gasteiger charge is -2.06. The summed E-state index contributed by atoms with van der Waals surface area (Å²) in [6, 6.07) is 3.71. The molecule has 3 nitrogen and oxygen atoms in total. The lowest BCUT2D eigenvalue weighted by Crippen LogP contribution is -2.14. The van der Waals surface area contributed by atoms with Crippen LogP contribution in [-0.4, -0.2) is 12.1 Å². The Morgan fingerprint density at radius 1 is 1.16 bits per heavy atom. The number of allylic oxidation sites excluding steroid dienone is 1. The first kappa shape index (κ1) is 15.1. The van der Waals surface area contributed by atoms with Gasteiger partial charge in [-0.1, -0.05) is 0 Å². The molecule has 1 amide bonds. The number of carbonyl (C=O) groups excluding carboxylic acids is 1. The summed E-state index contributed by atoms with van der Waals surface area (Å²) in [4.78, 5) is 11.6. The van der Waals surface area contributed by atoms with Crippen molar-refractivity contribution in [3.63, 3.8) is 0 Å². The van der Waals surface area contributed by atoms with Crippen LogP contribution in [0.1, 0.15) is 11.1 Å². The summed E-state index contributed by atoms with van der Waals surface area (Å²) in [5, 5.41) is 15.0. The van der Waals surface area contributed by atoms with E-state index >= 15 is 0 Å². The van der Waals surface area contributed by atoms with Crippen LogP contribution in [0.15, 0.2) is 46.8 Å². The number of hydrogen-bond acceptors (Lipinski definition) is 4. The van der Waals surface area contributed by atoms with Gasteiger partial charge in [0.15, 0.2) is 0 Å². The van der Waals surface area contributed by atoms with Gasteiger partial charge in [0.1, 0.15) is 0 Å². The summed E-state index contributed by atoms with van der Waals surface area (Å²) in [5.41, 5.74) is 8.01. The zero-order valence-electron chi connectivity index (χ0n) is 10.3. The highest BCUT2D eigenvalue weighted by molar-refractivity contribution is 7.08. The summed E-state index contributed by atoms with van der Waals surface area (Å²) in [6.07, 6.45) is 1.18. The van der Waals surface area contributed by atoms with Gasteiger partial charge in [-0.05, 0) is 44.8 Å². The van der Waals surface area contributed by atoms with Gasteiger partial charge < -0.3 is 11.1 Å². The monoisotopic (exact) mass is 290 g/mol. The van der Waals surface area contributed by atoms with Crippen LogP contribution in [0.5, 0.6) is 0 Å². The zero-order valence-corrected chi connectivity index (χ0v) is 11.9. The average molecular weight is 290 g/mol. The van der Waals surface area contributed by atoms with Crippen molar-refractivity contribution in [3.05, 3.63) is 57.9 Å². The van der Waals surface area contributed by atoms with Gasteiger partial charge in [0.25, 0.3) is 0 Å². The van der Waals surface area contributed by atoms with E-state index < -0.39 is 5.91 Å². The number of rotatable bonds is 4. The Kier molecular flexibility index (Phi) is 5.92. The van der Waals surface area contributed by atoms with Crippen molar-refractivity contribution < 1.29 is 4.79 Å². The van der Waals surface area contributed by atoms with Crippen molar-refractivity contribution in [2.45, 2.75) is 0 Å². The molecule has 0 aliphatic carbocycles. The van der Waals surface area contributed by atoms with Gasteiger partial charge in [0.05, 0.1) is 5.57 Å². The third-order valence-electron chi connectivity index (χ3n) is 2.30. The first-order valence-corrected chi connectivity index (χ1v) is 7.22. The van der Waals surface area contributed by atoms with Crippen molar-refractivity contribution in [1.82, 2.24) is 0 Å². The predicted octanol–water partition coefficient (Wildman–Crippen LogP) is 3.66. The number of amides is 1. The molecule has 0 saturated carbocycles. The first-order chi connectivity index (χ1) is 9.24. The number of carbonyl (C=O) groups is 1. The summed E-state index contributed by atoms with van der Waals surface area (Å²) in [6.45, 7) is 6.00. The topological polar surface area (TPSA) is 66.9 Å². The average Bonchev–Trinajstić information content (AvgIpc) is 3.10. The van der Waals surface area contributed by atoms with E-state index in [1.165, 1.54) is 28.9 Å². The molecule has 0 atom stereocenters. The molecule has 5 heteroatoms. The highest BCUT2D eigenvalue weighted by Gasteiger charge is 2.15. The lowest BCUT2D eigenvalue weighted by atomic mass is 9.98. The molecule has 0 spiro atoms. The molecule has 19 heavy (non-hydrogen) atoms.